The van der Waals surface area contributed by atoms with Gasteiger partial charge in [0.15, 0.2) is 15.0 Å². The summed E-state index contributed by atoms with van der Waals surface area (Å²) in [6, 6.07) is 5.07. The molecule has 2 saturated carbocycles. The van der Waals surface area contributed by atoms with E-state index in [0.29, 0.717) is 72.3 Å². The number of pyridine rings is 1. The summed E-state index contributed by atoms with van der Waals surface area (Å²) in [6.07, 6.45) is 8.35. The van der Waals surface area contributed by atoms with Crippen molar-refractivity contribution in [2.45, 2.75) is 152 Å². The predicted octanol–water partition coefficient (Wildman–Crippen LogP) is 7.03. The molecule has 1 unspecified atom stereocenters. The molecule has 7 rings (SSSR count). The quantitative estimate of drug-likeness (QED) is 0.142. The average Bonchev–Trinajstić information content (AvgIpc) is 3.49. The number of methoxy groups -OCH3 is 1. The first-order valence-corrected chi connectivity index (χ1v) is 25.0. The number of carbonyl (C=O) groups is 4. The Hall–Kier alpha value is -4.97. The number of rotatable bonds is 11. The largest absolute Gasteiger partial charge is 0.497 e. The van der Waals surface area contributed by atoms with Gasteiger partial charge in [0.1, 0.15) is 46.5 Å². The molecular formula is C46H62N6O10S2. The summed E-state index contributed by atoms with van der Waals surface area (Å²) in [4.78, 5) is 67.1. The first kappa shape index (κ1) is 47.0. The van der Waals surface area contributed by atoms with Gasteiger partial charge in [-0.25, -0.2) is 28.0 Å². The number of carboxylic acid groups (broad SMARTS) is 1. The van der Waals surface area contributed by atoms with E-state index >= 15 is 0 Å². The molecule has 64 heavy (non-hydrogen) atoms. The van der Waals surface area contributed by atoms with E-state index in [0.717, 1.165) is 24.4 Å². The van der Waals surface area contributed by atoms with Crippen LogP contribution in [0.15, 0.2) is 41.8 Å². The van der Waals surface area contributed by atoms with Gasteiger partial charge in [0, 0.05) is 41.3 Å². The van der Waals surface area contributed by atoms with Crippen LogP contribution in [0.2, 0.25) is 0 Å². The summed E-state index contributed by atoms with van der Waals surface area (Å²) in [5, 5.41) is 22.6. The molecule has 2 aromatic heterocycles. The Bertz CT molecular complexity index is 2370. The van der Waals surface area contributed by atoms with Crippen molar-refractivity contribution in [3.8, 4) is 22.9 Å². The highest BCUT2D eigenvalue weighted by Crippen LogP contribution is 2.46. The van der Waals surface area contributed by atoms with Crippen LogP contribution in [0.25, 0.3) is 22.3 Å². The first-order chi connectivity index (χ1) is 30.3. The Morgan fingerprint density at radius 2 is 1.80 bits per heavy atom. The minimum absolute atomic E-state index is 0.0210. The van der Waals surface area contributed by atoms with Crippen LogP contribution in [0.1, 0.15) is 112 Å². The molecule has 2 aliphatic heterocycles. The molecule has 3 fully saturated rings. The number of nitrogens with zero attached hydrogens (tertiary/aromatic N) is 3. The molecule has 18 heteroatoms. The highest BCUT2D eigenvalue weighted by molar-refractivity contribution is 7.92. The molecule has 2 aliphatic carbocycles. The molecule has 0 spiro atoms. The standard InChI is InChI=1S/C46H62N6O10S2/c1-28(2)47-42-49-36(26-63-42)35-23-38(32-18-17-30(60-6)21-34(32)48-35)61-31-22-37-39(53)51-46(41(55)56)24-29(46)15-11-8-7-9-12-16-33(40(54)52(37)25-31)50-43(57)62-45(19-13-10-14-20-45)27-64(58,59)44(3,4)5/h11,15,17-18,21,23,26,28-29,31,33,37H,7-10,12-14,16,19-20,22,24-25,27H2,1-6H3,(H,47,49)(H,50,57)(H,51,53)(H,55,56)/t29?,31-,33+,37+,46-/m1/s1. The van der Waals surface area contributed by atoms with E-state index in [2.05, 4.69) is 16.0 Å². The normalized spacial score (nSPS) is 25.3. The zero-order valence-electron chi connectivity index (χ0n) is 37.6. The minimum atomic E-state index is -3.69. The van der Waals surface area contributed by atoms with Crippen molar-refractivity contribution >= 4 is 61.1 Å². The number of carbonyl (C=O) groups excluding carboxylic acids is 3. The topological polar surface area (TPSA) is 215 Å². The molecule has 3 amide bonds. The summed E-state index contributed by atoms with van der Waals surface area (Å²) >= 11 is 1.45. The van der Waals surface area contributed by atoms with E-state index in [1.165, 1.54) is 16.2 Å². The molecule has 0 radical (unpaired) electrons. The fourth-order valence-corrected chi connectivity index (χ4v) is 11.3. The Morgan fingerprint density at radius 1 is 1.05 bits per heavy atom. The minimum Gasteiger partial charge on any atom is -0.497 e. The number of anilines is 1. The van der Waals surface area contributed by atoms with Crippen LogP contribution in [0.5, 0.6) is 11.5 Å². The highest BCUT2D eigenvalue weighted by atomic mass is 32.2. The third-order valence-corrected chi connectivity index (χ3v) is 16.4. The van der Waals surface area contributed by atoms with E-state index in [-0.39, 0.29) is 37.6 Å². The second-order valence-corrected chi connectivity index (χ2v) is 22.7. The van der Waals surface area contributed by atoms with Gasteiger partial charge >= 0.3 is 12.1 Å². The monoisotopic (exact) mass is 922 g/mol. The van der Waals surface area contributed by atoms with Gasteiger partial charge in [0.2, 0.25) is 11.8 Å². The zero-order valence-corrected chi connectivity index (χ0v) is 39.2. The van der Waals surface area contributed by atoms with Crippen molar-refractivity contribution in [2.24, 2.45) is 5.92 Å². The van der Waals surface area contributed by atoms with Crippen LogP contribution in [0, 0.1) is 5.92 Å². The number of hydrogen-bond donors (Lipinski definition) is 4. The maximum absolute atomic E-state index is 14.9. The van der Waals surface area contributed by atoms with Crippen molar-refractivity contribution in [3.63, 3.8) is 0 Å². The molecule has 348 valence electrons. The molecule has 5 atom stereocenters. The maximum Gasteiger partial charge on any atom is 0.408 e. The molecule has 3 aromatic rings. The fraction of sp³-hybridized carbons (Fsp3) is 0.609. The number of hydrogen-bond acceptors (Lipinski definition) is 13. The van der Waals surface area contributed by atoms with Crippen molar-refractivity contribution in [2.75, 3.05) is 24.7 Å². The number of carboxylic acids is 1. The Morgan fingerprint density at radius 3 is 2.50 bits per heavy atom. The van der Waals surface area contributed by atoms with E-state index in [9.17, 15) is 32.7 Å². The zero-order chi connectivity index (χ0) is 46.0. The van der Waals surface area contributed by atoms with E-state index < -0.39 is 73.7 Å². The lowest BCUT2D eigenvalue weighted by Gasteiger charge is -2.38. The Kier molecular flexibility index (Phi) is 13.9. The van der Waals surface area contributed by atoms with Gasteiger partial charge in [0.05, 0.1) is 35.4 Å². The summed E-state index contributed by atoms with van der Waals surface area (Å²) in [6.45, 7) is 8.87. The van der Waals surface area contributed by atoms with Crippen LogP contribution in [-0.2, 0) is 29.0 Å². The lowest BCUT2D eigenvalue weighted by Crippen LogP contribution is -2.57. The predicted molar refractivity (Wildman–Crippen MR) is 244 cm³/mol. The van der Waals surface area contributed by atoms with Gasteiger partial charge in [0.25, 0.3) is 0 Å². The number of allylic oxidation sites excluding steroid dienone is 1. The van der Waals surface area contributed by atoms with Gasteiger partial charge in [-0.1, -0.05) is 31.4 Å². The molecule has 1 saturated heterocycles. The molecular weight excluding hydrogens is 861 g/mol. The molecule has 1 aromatic carbocycles. The van der Waals surface area contributed by atoms with Gasteiger partial charge in [-0.15, -0.1) is 11.3 Å². The Labute approximate surface area is 379 Å². The highest BCUT2D eigenvalue weighted by Gasteiger charge is 2.61. The number of amides is 3. The molecule has 4 heterocycles. The summed E-state index contributed by atoms with van der Waals surface area (Å²) in [5.74, 6) is -2.07. The lowest BCUT2D eigenvalue weighted by atomic mass is 9.86. The van der Waals surface area contributed by atoms with Crippen LogP contribution < -0.4 is 25.4 Å². The van der Waals surface area contributed by atoms with E-state index in [1.807, 2.05) is 37.4 Å². The molecule has 16 nitrogen and oxygen atoms in total. The number of thiazole rings is 1. The van der Waals surface area contributed by atoms with Crippen LogP contribution in [-0.4, -0.2) is 112 Å². The number of aliphatic carboxylic acids is 1. The molecule has 4 N–H and O–H groups in total. The van der Waals surface area contributed by atoms with Gasteiger partial charge in [-0.2, -0.15) is 0 Å². The number of nitrogens with one attached hydrogen (secondary N) is 3. The van der Waals surface area contributed by atoms with Crippen molar-refractivity contribution in [1.82, 2.24) is 25.5 Å². The van der Waals surface area contributed by atoms with Crippen molar-refractivity contribution < 1.29 is 46.9 Å². The van der Waals surface area contributed by atoms with Crippen LogP contribution >= 0.6 is 11.3 Å². The number of alkyl carbamates (subject to hydrolysis) is 1. The summed E-state index contributed by atoms with van der Waals surface area (Å²) in [5.41, 5.74) is -1.04. The third kappa shape index (κ3) is 10.4. The second kappa shape index (κ2) is 18.9. The van der Waals surface area contributed by atoms with Crippen LogP contribution in [0.3, 0.4) is 0 Å². The second-order valence-electron chi connectivity index (χ2n) is 19.1. The number of benzene rings is 1. The fourth-order valence-electron chi connectivity index (χ4n) is 8.97. The number of sulfone groups is 1. The first-order valence-electron chi connectivity index (χ1n) is 22.4. The summed E-state index contributed by atoms with van der Waals surface area (Å²) < 4.78 is 44.3. The maximum atomic E-state index is 14.9. The van der Waals surface area contributed by atoms with Gasteiger partial charge < -0.3 is 40.2 Å². The summed E-state index contributed by atoms with van der Waals surface area (Å²) in [7, 11) is -2.12. The Balaban J connectivity index is 1.20. The van der Waals surface area contributed by atoms with Gasteiger partial charge in [-0.05, 0) is 98.1 Å². The average molecular weight is 923 g/mol. The lowest BCUT2D eigenvalue weighted by molar-refractivity contribution is -0.145. The number of aromatic nitrogens is 2. The molecule has 4 aliphatic rings. The van der Waals surface area contributed by atoms with E-state index in [1.54, 1.807) is 46.1 Å². The molecule has 0 bridgehead atoms. The van der Waals surface area contributed by atoms with Crippen molar-refractivity contribution in [3.05, 3.63) is 41.8 Å². The van der Waals surface area contributed by atoms with Crippen LogP contribution in [0.4, 0.5) is 9.93 Å². The third-order valence-electron chi connectivity index (χ3n) is 12.8. The van der Waals surface area contributed by atoms with Gasteiger partial charge in [-0.3, -0.25) is 9.59 Å². The van der Waals surface area contributed by atoms with Crippen molar-refractivity contribution in [1.29, 1.82) is 0 Å². The number of ether oxygens (including phenoxy) is 3. The number of fused-ring (bicyclic) bond motifs is 3. The smallest absolute Gasteiger partial charge is 0.408 e. The SMILES string of the molecule is COc1ccc2c(O[C@@H]3C[C@H]4C(=O)N[C@]5(C(=O)O)CC5C=CCCCCC[C@H](NC(=O)OC5(CS(=O)(=O)C(C)(C)C)CCCCC5)C(=O)N4C3)cc(-c3csc(NC(C)C)n3)nc2c1. The van der Waals surface area contributed by atoms with E-state index in [4.69, 9.17) is 24.2 Å².